The van der Waals surface area contributed by atoms with Crippen LogP contribution in [-0.2, 0) is 14.8 Å². The highest BCUT2D eigenvalue weighted by Gasteiger charge is 2.23. The van der Waals surface area contributed by atoms with Crippen LogP contribution in [0, 0.1) is 5.92 Å². The molecule has 1 amide bonds. The van der Waals surface area contributed by atoms with Crippen molar-refractivity contribution in [2.75, 3.05) is 22.9 Å². The number of methoxy groups -OCH3 is 1. The van der Waals surface area contributed by atoms with Crippen LogP contribution in [-0.4, -0.2) is 27.2 Å². The average Bonchev–Trinajstić information content (AvgIpc) is 2.73. The van der Waals surface area contributed by atoms with Crippen molar-refractivity contribution in [3.05, 3.63) is 41.4 Å². The van der Waals surface area contributed by atoms with Gasteiger partial charge >= 0.3 is 0 Å². The number of hydrogen-bond acceptors (Lipinski definition) is 5. The maximum absolute atomic E-state index is 12.7. The molecule has 1 aliphatic heterocycles. The summed E-state index contributed by atoms with van der Waals surface area (Å²) in [7, 11) is -2.36. The summed E-state index contributed by atoms with van der Waals surface area (Å²) in [6.45, 7) is 1.83. The molecule has 0 aromatic heterocycles. The molecule has 0 fully saturated rings. The molecule has 0 bridgehead atoms. The predicted molar refractivity (Wildman–Crippen MR) is 104 cm³/mol. The monoisotopic (exact) mass is 412 g/mol. The lowest BCUT2D eigenvalue weighted by Gasteiger charge is -2.12. The summed E-state index contributed by atoms with van der Waals surface area (Å²) >= 11 is 7.56. The van der Waals surface area contributed by atoms with Gasteiger partial charge in [0.05, 0.1) is 28.4 Å². The Balaban J connectivity index is 1.89. The fourth-order valence-electron chi connectivity index (χ4n) is 2.39. The number of fused-ring (bicyclic) bond motifs is 1. The van der Waals surface area contributed by atoms with Crippen molar-refractivity contribution >= 4 is 50.7 Å². The molecule has 6 nitrogen and oxygen atoms in total. The second-order valence-electron chi connectivity index (χ2n) is 5.81. The molecular weight excluding hydrogens is 396 g/mol. The normalized spacial score (nSPS) is 17.0. The van der Waals surface area contributed by atoms with Crippen LogP contribution in [0.25, 0.3) is 0 Å². The highest BCUT2D eigenvalue weighted by Crippen LogP contribution is 2.35. The Bertz CT molecular complexity index is 963. The fourth-order valence-corrected chi connectivity index (χ4v) is 4.73. The van der Waals surface area contributed by atoms with E-state index in [-0.39, 0.29) is 16.7 Å². The van der Waals surface area contributed by atoms with Gasteiger partial charge in [0.25, 0.3) is 10.0 Å². The lowest BCUT2D eigenvalue weighted by atomic mass is 10.2. The molecule has 9 heteroatoms. The number of sulfonamides is 1. The number of hydrogen-bond donors (Lipinski definition) is 2. The van der Waals surface area contributed by atoms with E-state index in [2.05, 4.69) is 10.0 Å². The van der Waals surface area contributed by atoms with E-state index in [0.29, 0.717) is 27.9 Å². The average molecular weight is 413 g/mol. The molecule has 1 atom stereocenters. The molecule has 138 valence electrons. The minimum atomic E-state index is -3.84. The zero-order chi connectivity index (χ0) is 18.9. The standard InChI is InChI=1S/C17H17ClN2O4S2/c1-10-9-25-16-6-4-12(8-14(16)19-17(10)21)26(22,23)20-11-3-5-15(24-2)13(18)7-11/h3-8,10,20H,9H2,1-2H3,(H,19,21)/t10-/m0/s1. The molecular formula is C17H17ClN2O4S2. The lowest BCUT2D eigenvalue weighted by molar-refractivity contribution is -0.118. The first kappa shape index (κ1) is 18.9. The smallest absolute Gasteiger partial charge is 0.261 e. The van der Waals surface area contributed by atoms with Crippen molar-refractivity contribution in [3.63, 3.8) is 0 Å². The van der Waals surface area contributed by atoms with Crippen LogP contribution in [0.15, 0.2) is 46.2 Å². The number of amides is 1. The van der Waals surface area contributed by atoms with Crippen molar-refractivity contribution in [3.8, 4) is 5.75 Å². The van der Waals surface area contributed by atoms with Gasteiger partial charge in [-0.05, 0) is 36.4 Å². The van der Waals surface area contributed by atoms with E-state index in [1.165, 1.54) is 37.1 Å². The molecule has 0 aliphatic carbocycles. The van der Waals surface area contributed by atoms with E-state index < -0.39 is 10.0 Å². The number of ether oxygens (including phenoxy) is 1. The summed E-state index contributed by atoms with van der Waals surface area (Å²) in [5.74, 6) is 0.828. The van der Waals surface area contributed by atoms with Gasteiger partial charge in [-0.3, -0.25) is 9.52 Å². The summed E-state index contributed by atoms with van der Waals surface area (Å²) in [5, 5.41) is 3.08. The summed E-state index contributed by atoms with van der Waals surface area (Å²) in [4.78, 5) is 12.9. The van der Waals surface area contributed by atoms with Crippen molar-refractivity contribution in [1.82, 2.24) is 0 Å². The van der Waals surface area contributed by atoms with Crippen molar-refractivity contribution < 1.29 is 17.9 Å². The molecule has 0 saturated heterocycles. The number of halogens is 1. The van der Waals surface area contributed by atoms with Crippen LogP contribution >= 0.6 is 23.4 Å². The van der Waals surface area contributed by atoms with Gasteiger partial charge < -0.3 is 10.1 Å². The highest BCUT2D eigenvalue weighted by molar-refractivity contribution is 7.99. The Kier molecular flexibility index (Phi) is 5.36. The summed E-state index contributed by atoms with van der Waals surface area (Å²) in [6, 6.07) is 9.29. The molecule has 0 saturated carbocycles. The number of carbonyl (C=O) groups is 1. The van der Waals surface area contributed by atoms with Gasteiger partial charge in [-0.25, -0.2) is 8.42 Å². The Morgan fingerprint density at radius 3 is 2.73 bits per heavy atom. The van der Waals surface area contributed by atoms with E-state index in [4.69, 9.17) is 16.3 Å². The molecule has 26 heavy (non-hydrogen) atoms. The maximum atomic E-state index is 12.7. The van der Waals surface area contributed by atoms with Gasteiger partial charge in [-0.15, -0.1) is 11.8 Å². The van der Waals surface area contributed by atoms with E-state index in [1.54, 1.807) is 18.2 Å². The van der Waals surface area contributed by atoms with Gasteiger partial charge in [0.2, 0.25) is 5.91 Å². The number of nitrogens with one attached hydrogen (secondary N) is 2. The maximum Gasteiger partial charge on any atom is 0.261 e. The van der Waals surface area contributed by atoms with Gasteiger partial charge in [0.1, 0.15) is 5.75 Å². The van der Waals surface area contributed by atoms with Gasteiger partial charge in [0.15, 0.2) is 0 Å². The summed E-state index contributed by atoms with van der Waals surface area (Å²) in [5.41, 5.74) is 0.817. The molecule has 2 N–H and O–H groups in total. The third-order valence-corrected chi connectivity index (χ3v) is 6.87. The Morgan fingerprint density at radius 2 is 2.04 bits per heavy atom. The van der Waals surface area contributed by atoms with Crippen LogP contribution in [0.5, 0.6) is 5.75 Å². The quantitative estimate of drug-likeness (QED) is 0.797. The molecule has 2 aromatic carbocycles. The van der Waals surface area contributed by atoms with Crippen LogP contribution in [0.1, 0.15) is 6.92 Å². The zero-order valence-electron chi connectivity index (χ0n) is 14.1. The second-order valence-corrected chi connectivity index (χ2v) is 8.97. The van der Waals surface area contributed by atoms with E-state index in [1.807, 2.05) is 6.92 Å². The van der Waals surface area contributed by atoms with E-state index in [0.717, 1.165) is 4.90 Å². The van der Waals surface area contributed by atoms with Crippen LogP contribution < -0.4 is 14.8 Å². The molecule has 1 aliphatic rings. The molecule has 0 unspecified atom stereocenters. The van der Waals surface area contributed by atoms with E-state index in [9.17, 15) is 13.2 Å². The first-order valence-electron chi connectivity index (χ1n) is 7.74. The summed E-state index contributed by atoms with van der Waals surface area (Å²) < 4.78 is 32.9. The minimum Gasteiger partial charge on any atom is -0.495 e. The third kappa shape index (κ3) is 3.92. The molecule has 1 heterocycles. The number of thioether (sulfide) groups is 1. The highest BCUT2D eigenvalue weighted by atomic mass is 35.5. The first-order valence-corrected chi connectivity index (χ1v) is 10.6. The molecule has 0 spiro atoms. The number of rotatable bonds is 4. The van der Waals surface area contributed by atoms with Crippen molar-refractivity contribution in [2.45, 2.75) is 16.7 Å². The topological polar surface area (TPSA) is 84.5 Å². The van der Waals surface area contributed by atoms with Crippen molar-refractivity contribution in [1.29, 1.82) is 0 Å². The van der Waals surface area contributed by atoms with Crippen LogP contribution in [0.2, 0.25) is 5.02 Å². The zero-order valence-corrected chi connectivity index (χ0v) is 16.5. The first-order chi connectivity index (χ1) is 12.3. The Morgan fingerprint density at radius 1 is 1.27 bits per heavy atom. The van der Waals surface area contributed by atoms with Gasteiger partial charge in [-0.2, -0.15) is 0 Å². The fraction of sp³-hybridized carbons (Fsp3) is 0.235. The SMILES string of the molecule is COc1ccc(NS(=O)(=O)c2ccc3c(c2)NC(=O)[C@@H](C)CS3)cc1Cl. The lowest BCUT2D eigenvalue weighted by Crippen LogP contribution is -2.20. The third-order valence-electron chi connectivity index (χ3n) is 3.86. The van der Waals surface area contributed by atoms with Gasteiger partial charge in [0, 0.05) is 16.6 Å². The molecule has 0 radical (unpaired) electrons. The van der Waals surface area contributed by atoms with Crippen molar-refractivity contribution in [2.24, 2.45) is 5.92 Å². The molecule has 2 aromatic rings. The number of anilines is 2. The van der Waals surface area contributed by atoms with E-state index >= 15 is 0 Å². The van der Waals surface area contributed by atoms with Crippen LogP contribution in [0.4, 0.5) is 11.4 Å². The Labute approximate surface area is 161 Å². The number of carbonyl (C=O) groups excluding carboxylic acids is 1. The predicted octanol–water partition coefficient (Wildman–Crippen LogP) is 3.83. The largest absolute Gasteiger partial charge is 0.495 e. The summed E-state index contributed by atoms with van der Waals surface area (Å²) in [6.07, 6.45) is 0. The van der Waals surface area contributed by atoms with Crippen LogP contribution in [0.3, 0.4) is 0 Å². The second kappa shape index (κ2) is 7.38. The minimum absolute atomic E-state index is 0.0543. The number of benzene rings is 2. The Hall–Kier alpha value is -1.90. The molecule has 3 rings (SSSR count). The van der Waals surface area contributed by atoms with Gasteiger partial charge in [-0.1, -0.05) is 18.5 Å².